The molecule has 0 saturated carbocycles. The van der Waals surface area contributed by atoms with Crippen LogP contribution in [0.5, 0.6) is 0 Å². The fourth-order valence-corrected chi connectivity index (χ4v) is 0.724. The lowest BCUT2D eigenvalue weighted by molar-refractivity contribution is 0.101. The lowest BCUT2D eigenvalue weighted by Crippen LogP contribution is -2.26. The number of hydrogen-bond donors (Lipinski definition) is 0. The Morgan fingerprint density at radius 2 is 2.33 bits per heavy atom. The number of ether oxygens (including phenoxy) is 1. The van der Waals surface area contributed by atoms with Gasteiger partial charge in [-0.1, -0.05) is 20.8 Å². The van der Waals surface area contributed by atoms with Crippen molar-refractivity contribution in [2.45, 2.75) is 20.8 Å². The summed E-state index contributed by atoms with van der Waals surface area (Å²) < 4.78 is 5.01. The lowest BCUT2D eigenvalue weighted by Gasteiger charge is -2.23. The number of allylic oxidation sites excluding steroid dienone is 1. The summed E-state index contributed by atoms with van der Waals surface area (Å²) in [5.74, 6) is 0.610. The molecular weight excluding hydrogens is 112 g/mol. The van der Waals surface area contributed by atoms with Crippen molar-refractivity contribution < 1.29 is 4.74 Å². The van der Waals surface area contributed by atoms with E-state index in [1.54, 1.807) is 0 Å². The normalized spacial score (nSPS) is 30.8. The van der Waals surface area contributed by atoms with Crippen LogP contribution in [0.2, 0.25) is 0 Å². The van der Waals surface area contributed by atoms with E-state index in [1.165, 1.54) is 0 Å². The second kappa shape index (κ2) is 2.00. The Labute approximate surface area is 56.7 Å². The maximum absolute atomic E-state index is 5.01. The predicted molar refractivity (Wildman–Crippen MR) is 36.7 cm³/mol. The van der Waals surface area contributed by atoms with E-state index < -0.39 is 0 Å². The minimum absolute atomic E-state index is 0.276. The van der Waals surface area contributed by atoms with Gasteiger partial charge in [0.15, 0.2) is 6.61 Å². The van der Waals surface area contributed by atoms with Gasteiger partial charge in [0.1, 0.15) is 0 Å². The van der Waals surface area contributed by atoms with E-state index in [-0.39, 0.29) is 5.41 Å². The summed E-state index contributed by atoms with van der Waals surface area (Å²) in [6.45, 7) is 7.40. The molecule has 1 heterocycles. The van der Waals surface area contributed by atoms with Crippen LogP contribution in [-0.2, 0) is 4.74 Å². The topological polar surface area (TPSA) is 9.23 Å². The Bertz CT molecular complexity index is 125. The molecule has 9 heavy (non-hydrogen) atoms. The molecule has 0 saturated heterocycles. The molecule has 0 spiro atoms. The summed E-state index contributed by atoms with van der Waals surface area (Å²) in [4.78, 5) is 0. The Hall–Kier alpha value is -0.550. The van der Waals surface area contributed by atoms with E-state index in [1.807, 2.05) is 6.08 Å². The van der Waals surface area contributed by atoms with Crippen LogP contribution in [0.15, 0.2) is 6.08 Å². The maximum Gasteiger partial charge on any atom is 0.480 e. The Morgan fingerprint density at radius 3 is 2.67 bits per heavy atom. The lowest BCUT2D eigenvalue weighted by atomic mass is 9.80. The van der Waals surface area contributed by atoms with E-state index >= 15 is 0 Å². The van der Waals surface area contributed by atoms with Crippen LogP contribution < -0.4 is 0 Å². The van der Waals surface area contributed by atoms with E-state index in [4.69, 9.17) is 4.74 Å². The molecule has 50 valence electrons. The van der Waals surface area contributed by atoms with Gasteiger partial charge in [-0.2, -0.15) is 0 Å². The second-order valence-corrected chi connectivity index (χ2v) is 3.30. The maximum atomic E-state index is 5.01. The summed E-state index contributed by atoms with van der Waals surface area (Å²) in [5.41, 5.74) is 0.276. The zero-order chi connectivity index (χ0) is 6.91. The van der Waals surface area contributed by atoms with Crippen LogP contribution in [0.25, 0.3) is 0 Å². The first-order valence-corrected chi connectivity index (χ1v) is 3.34. The molecule has 0 N–H and O–H groups in total. The quantitative estimate of drug-likeness (QED) is 0.450. The molecule has 0 bridgehead atoms. The molecule has 0 aliphatic carbocycles. The molecule has 0 radical (unpaired) electrons. The third kappa shape index (κ3) is 1.22. The molecule has 0 aromatic rings. The standard InChI is InChI=1S/C8H13O/c1-7-6-9-5-4-8(7,2)3/h4,7H,6H2,1-3H3/q+1. The van der Waals surface area contributed by atoms with Crippen molar-refractivity contribution in [1.82, 2.24) is 0 Å². The highest BCUT2D eigenvalue weighted by Crippen LogP contribution is 2.30. The van der Waals surface area contributed by atoms with Gasteiger partial charge in [-0.05, 0) is 0 Å². The molecule has 0 fully saturated rings. The summed E-state index contributed by atoms with van der Waals surface area (Å²) in [6.07, 6.45) is 4.78. The summed E-state index contributed by atoms with van der Waals surface area (Å²) in [7, 11) is 0. The van der Waals surface area contributed by atoms with Crippen molar-refractivity contribution in [1.29, 1.82) is 0 Å². The predicted octanol–water partition coefficient (Wildman–Crippen LogP) is 2.00. The van der Waals surface area contributed by atoms with Crippen LogP contribution >= 0.6 is 0 Å². The van der Waals surface area contributed by atoms with Crippen molar-refractivity contribution in [2.24, 2.45) is 11.3 Å². The van der Waals surface area contributed by atoms with Gasteiger partial charge in [-0.15, -0.1) is 0 Å². The summed E-state index contributed by atoms with van der Waals surface area (Å²) >= 11 is 0. The molecule has 0 aromatic carbocycles. The Kier molecular flexibility index (Phi) is 1.46. The molecular formula is C8H13O+. The molecule has 0 aromatic heterocycles. The molecule has 1 aliphatic heterocycles. The first-order valence-electron chi connectivity index (χ1n) is 3.34. The largest absolute Gasteiger partial charge is 0.480 e. The van der Waals surface area contributed by atoms with Gasteiger partial charge in [0.05, 0.1) is 0 Å². The van der Waals surface area contributed by atoms with Gasteiger partial charge in [0.2, 0.25) is 6.08 Å². The number of rotatable bonds is 0. The van der Waals surface area contributed by atoms with Crippen molar-refractivity contribution in [2.75, 3.05) is 6.61 Å². The van der Waals surface area contributed by atoms with E-state index in [9.17, 15) is 0 Å². The molecule has 1 aliphatic rings. The van der Waals surface area contributed by atoms with Crippen LogP contribution in [0, 0.1) is 17.6 Å². The monoisotopic (exact) mass is 125 g/mol. The van der Waals surface area contributed by atoms with Gasteiger partial charge < -0.3 is 0 Å². The molecule has 1 atom stereocenters. The third-order valence-electron chi connectivity index (χ3n) is 2.12. The molecule has 0 amide bonds. The van der Waals surface area contributed by atoms with Crippen LogP contribution in [-0.4, -0.2) is 6.61 Å². The number of hydrogen-bond acceptors (Lipinski definition) is 1. The second-order valence-electron chi connectivity index (χ2n) is 3.30. The minimum atomic E-state index is 0.276. The first-order chi connectivity index (χ1) is 4.13. The third-order valence-corrected chi connectivity index (χ3v) is 2.12. The molecule has 1 unspecified atom stereocenters. The van der Waals surface area contributed by atoms with Crippen molar-refractivity contribution in [3.05, 3.63) is 12.3 Å². The van der Waals surface area contributed by atoms with E-state index in [2.05, 4.69) is 27.0 Å². The van der Waals surface area contributed by atoms with Crippen molar-refractivity contribution in [3.8, 4) is 0 Å². The highest BCUT2D eigenvalue weighted by molar-refractivity contribution is 4.94. The summed E-state index contributed by atoms with van der Waals surface area (Å²) in [6, 6.07) is 0. The van der Waals surface area contributed by atoms with Gasteiger partial charge in [-0.3, -0.25) is 4.74 Å². The van der Waals surface area contributed by atoms with Gasteiger partial charge >= 0.3 is 6.26 Å². The van der Waals surface area contributed by atoms with E-state index in [0.717, 1.165) is 6.61 Å². The first kappa shape index (κ1) is 6.57. The van der Waals surface area contributed by atoms with Crippen molar-refractivity contribution >= 4 is 0 Å². The fourth-order valence-electron chi connectivity index (χ4n) is 0.724. The van der Waals surface area contributed by atoms with Crippen LogP contribution in [0.1, 0.15) is 20.8 Å². The minimum Gasteiger partial charge on any atom is -0.268 e. The van der Waals surface area contributed by atoms with Crippen LogP contribution in [0.3, 0.4) is 0 Å². The smallest absolute Gasteiger partial charge is 0.268 e. The SMILES string of the molecule is CC1CO[C+]=CC1(C)C. The van der Waals surface area contributed by atoms with E-state index in [0.29, 0.717) is 5.92 Å². The molecule has 1 rings (SSSR count). The fraction of sp³-hybridized carbons (Fsp3) is 0.750. The zero-order valence-corrected chi connectivity index (χ0v) is 6.27. The Balaban J connectivity index is 2.68. The van der Waals surface area contributed by atoms with Gasteiger partial charge in [-0.25, -0.2) is 0 Å². The molecule has 1 heteroatoms. The highest BCUT2D eigenvalue weighted by Gasteiger charge is 2.33. The molecule has 1 nitrogen and oxygen atoms in total. The average Bonchev–Trinajstić information content (AvgIpc) is 1.77. The highest BCUT2D eigenvalue weighted by atomic mass is 16.5. The Morgan fingerprint density at radius 1 is 1.67 bits per heavy atom. The zero-order valence-electron chi connectivity index (χ0n) is 6.27. The van der Waals surface area contributed by atoms with Crippen LogP contribution in [0.4, 0.5) is 0 Å². The van der Waals surface area contributed by atoms with Gasteiger partial charge in [0, 0.05) is 11.3 Å². The van der Waals surface area contributed by atoms with Crippen molar-refractivity contribution in [3.63, 3.8) is 0 Å². The van der Waals surface area contributed by atoms with Gasteiger partial charge in [0.25, 0.3) is 0 Å². The average molecular weight is 125 g/mol. The summed E-state index contributed by atoms with van der Waals surface area (Å²) in [5, 5.41) is 0.